The van der Waals surface area contributed by atoms with E-state index in [0.29, 0.717) is 33.6 Å². The highest BCUT2D eigenvalue weighted by Gasteiger charge is 2.29. The van der Waals surface area contributed by atoms with E-state index in [9.17, 15) is 9.59 Å². The van der Waals surface area contributed by atoms with Crippen LogP contribution in [0.15, 0.2) is 42.5 Å². The number of halogens is 3. The Labute approximate surface area is 193 Å². The van der Waals surface area contributed by atoms with Gasteiger partial charge in [0.1, 0.15) is 6.04 Å². The second-order valence-electron chi connectivity index (χ2n) is 7.30. The van der Waals surface area contributed by atoms with E-state index in [-0.39, 0.29) is 24.3 Å². The van der Waals surface area contributed by atoms with Gasteiger partial charge in [0.15, 0.2) is 0 Å². The molecule has 7 heteroatoms. The molecule has 0 saturated carbocycles. The van der Waals surface area contributed by atoms with Crippen molar-refractivity contribution in [3.05, 3.63) is 68.7 Å². The van der Waals surface area contributed by atoms with Crippen LogP contribution in [-0.4, -0.2) is 28.8 Å². The molecule has 4 nitrogen and oxygen atoms in total. The Kier molecular flexibility index (Phi) is 9.47. The molecule has 162 valence electrons. The molecule has 0 aliphatic carbocycles. The number of carbonyl (C=O) groups excluding carboxylic acids is 2. The fourth-order valence-electron chi connectivity index (χ4n) is 3.08. The molecule has 0 radical (unpaired) electrons. The zero-order valence-electron chi connectivity index (χ0n) is 17.4. The van der Waals surface area contributed by atoms with Crippen molar-refractivity contribution < 1.29 is 9.59 Å². The van der Waals surface area contributed by atoms with Gasteiger partial charge in [-0.3, -0.25) is 9.59 Å². The minimum atomic E-state index is -0.590. The lowest BCUT2D eigenvalue weighted by Gasteiger charge is -2.31. The minimum Gasteiger partial charge on any atom is -0.352 e. The second-order valence-corrected chi connectivity index (χ2v) is 8.58. The van der Waals surface area contributed by atoms with Crippen LogP contribution in [0.3, 0.4) is 0 Å². The maximum absolute atomic E-state index is 13.3. The quantitative estimate of drug-likeness (QED) is 0.496. The van der Waals surface area contributed by atoms with Gasteiger partial charge in [-0.2, -0.15) is 0 Å². The Morgan fingerprint density at radius 2 is 1.60 bits per heavy atom. The highest BCUT2D eigenvalue weighted by Crippen LogP contribution is 2.23. The third-order valence-corrected chi connectivity index (χ3v) is 5.85. The Morgan fingerprint density at radius 1 is 0.967 bits per heavy atom. The van der Waals surface area contributed by atoms with E-state index in [2.05, 4.69) is 5.32 Å². The zero-order chi connectivity index (χ0) is 22.3. The molecule has 2 aromatic carbocycles. The summed E-state index contributed by atoms with van der Waals surface area (Å²) in [6.07, 6.45) is 1.39. The molecule has 0 bridgehead atoms. The van der Waals surface area contributed by atoms with E-state index in [1.54, 1.807) is 35.2 Å². The summed E-state index contributed by atoms with van der Waals surface area (Å²) in [6.45, 7) is 6.15. The molecule has 30 heavy (non-hydrogen) atoms. The molecule has 2 atom stereocenters. The number of nitrogens with zero attached hydrogens (tertiary/aromatic N) is 1. The average Bonchev–Trinajstić information content (AvgIpc) is 2.71. The molecule has 2 aromatic rings. The predicted molar refractivity (Wildman–Crippen MR) is 124 cm³/mol. The number of benzene rings is 2. The van der Waals surface area contributed by atoms with Crippen molar-refractivity contribution in [2.45, 2.75) is 58.7 Å². The summed E-state index contributed by atoms with van der Waals surface area (Å²) < 4.78 is 0. The standard InChI is InChI=1S/C23H27Cl3N2O2/c1-4-15(3)27-23(30)21(5-2)28(14-16-6-9-18(24)10-7-16)22(29)12-17-8-11-19(25)13-20(17)26/h6-11,13,15,21H,4-5,12,14H2,1-3H3,(H,27,30)/t15-,21-/m1/s1. The summed E-state index contributed by atoms with van der Waals surface area (Å²) in [5.41, 5.74) is 1.56. The van der Waals surface area contributed by atoms with Gasteiger partial charge in [0.25, 0.3) is 0 Å². The van der Waals surface area contributed by atoms with Crippen LogP contribution in [0.2, 0.25) is 15.1 Å². The lowest BCUT2D eigenvalue weighted by atomic mass is 10.1. The first-order valence-electron chi connectivity index (χ1n) is 10.0. The Balaban J connectivity index is 2.31. The van der Waals surface area contributed by atoms with Crippen LogP contribution in [0, 0.1) is 0 Å². The van der Waals surface area contributed by atoms with Crippen molar-refractivity contribution in [3.63, 3.8) is 0 Å². The van der Waals surface area contributed by atoms with Crippen LogP contribution in [0.1, 0.15) is 44.7 Å². The predicted octanol–water partition coefficient (Wildman–Crippen LogP) is 5.91. The van der Waals surface area contributed by atoms with Crippen molar-refractivity contribution in [2.75, 3.05) is 0 Å². The number of amides is 2. The third kappa shape index (κ3) is 6.90. The third-order valence-electron chi connectivity index (χ3n) is 5.01. The van der Waals surface area contributed by atoms with Gasteiger partial charge >= 0.3 is 0 Å². The second kappa shape index (κ2) is 11.6. The van der Waals surface area contributed by atoms with Crippen molar-refractivity contribution in [3.8, 4) is 0 Å². The fraction of sp³-hybridized carbons (Fsp3) is 0.391. The number of rotatable bonds is 9. The molecule has 0 aliphatic heterocycles. The van der Waals surface area contributed by atoms with E-state index < -0.39 is 6.04 Å². The van der Waals surface area contributed by atoms with Gasteiger partial charge in [-0.05, 0) is 55.2 Å². The van der Waals surface area contributed by atoms with Gasteiger partial charge in [0.05, 0.1) is 6.42 Å². The Morgan fingerprint density at radius 3 is 2.17 bits per heavy atom. The highest BCUT2D eigenvalue weighted by atomic mass is 35.5. The summed E-state index contributed by atoms with van der Waals surface area (Å²) in [7, 11) is 0. The maximum Gasteiger partial charge on any atom is 0.243 e. The summed E-state index contributed by atoms with van der Waals surface area (Å²) in [5, 5.41) is 4.55. The lowest BCUT2D eigenvalue weighted by Crippen LogP contribution is -2.51. The van der Waals surface area contributed by atoms with Gasteiger partial charge in [-0.15, -0.1) is 0 Å². The summed E-state index contributed by atoms with van der Waals surface area (Å²) >= 11 is 18.2. The number of nitrogens with one attached hydrogen (secondary N) is 1. The first-order valence-corrected chi connectivity index (χ1v) is 11.2. The van der Waals surface area contributed by atoms with Gasteiger partial charge < -0.3 is 10.2 Å². The summed E-state index contributed by atoms with van der Waals surface area (Å²) in [4.78, 5) is 27.9. The van der Waals surface area contributed by atoms with E-state index >= 15 is 0 Å². The normalized spacial score (nSPS) is 12.9. The van der Waals surface area contributed by atoms with Gasteiger partial charge in [-0.1, -0.05) is 66.8 Å². The lowest BCUT2D eigenvalue weighted by molar-refractivity contribution is -0.141. The number of hydrogen-bond acceptors (Lipinski definition) is 2. The molecule has 0 spiro atoms. The maximum atomic E-state index is 13.3. The van der Waals surface area contributed by atoms with Crippen LogP contribution in [-0.2, 0) is 22.6 Å². The van der Waals surface area contributed by atoms with Gasteiger partial charge in [0.2, 0.25) is 11.8 Å². The average molecular weight is 470 g/mol. The topological polar surface area (TPSA) is 49.4 Å². The summed E-state index contributed by atoms with van der Waals surface area (Å²) in [5.74, 6) is -0.336. The highest BCUT2D eigenvalue weighted by molar-refractivity contribution is 6.35. The van der Waals surface area contributed by atoms with Gasteiger partial charge in [-0.25, -0.2) is 0 Å². The molecular weight excluding hydrogens is 443 g/mol. The molecule has 0 unspecified atom stereocenters. The minimum absolute atomic E-state index is 0.0322. The van der Waals surface area contributed by atoms with E-state index in [1.807, 2.05) is 32.9 Å². The van der Waals surface area contributed by atoms with Crippen LogP contribution < -0.4 is 5.32 Å². The van der Waals surface area contributed by atoms with Crippen molar-refractivity contribution >= 4 is 46.6 Å². The summed E-state index contributed by atoms with van der Waals surface area (Å²) in [6, 6.07) is 11.8. The molecule has 2 amide bonds. The van der Waals surface area contributed by atoms with Crippen molar-refractivity contribution in [2.24, 2.45) is 0 Å². The molecule has 0 saturated heterocycles. The number of hydrogen-bond donors (Lipinski definition) is 1. The van der Waals surface area contributed by atoms with E-state index in [4.69, 9.17) is 34.8 Å². The largest absolute Gasteiger partial charge is 0.352 e. The monoisotopic (exact) mass is 468 g/mol. The molecule has 2 rings (SSSR count). The molecule has 0 heterocycles. The van der Waals surface area contributed by atoms with Crippen LogP contribution >= 0.6 is 34.8 Å². The SMILES string of the molecule is CC[C@@H](C)NC(=O)[C@@H](CC)N(Cc1ccc(Cl)cc1)C(=O)Cc1ccc(Cl)cc1Cl. The van der Waals surface area contributed by atoms with E-state index in [0.717, 1.165) is 12.0 Å². The zero-order valence-corrected chi connectivity index (χ0v) is 19.7. The fourth-order valence-corrected chi connectivity index (χ4v) is 3.68. The Hall–Kier alpha value is -1.75. The Bertz CT molecular complexity index is 871. The van der Waals surface area contributed by atoms with Crippen molar-refractivity contribution in [1.29, 1.82) is 0 Å². The number of carbonyl (C=O) groups is 2. The van der Waals surface area contributed by atoms with Crippen molar-refractivity contribution in [1.82, 2.24) is 10.2 Å². The van der Waals surface area contributed by atoms with Crippen LogP contribution in [0.4, 0.5) is 0 Å². The van der Waals surface area contributed by atoms with Crippen LogP contribution in [0.25, 0.3) is 0 Å². The molecule has 0 aromatic heterocycles. The van der Waals surface area contributed by atoms with Crippen LogP contribution in [0.5, 0.6) is 0 Å². The smallest absolute Gasteiger partial charge is 0.243 e. The molecule has 0 fully saturated rings. The van der Waals surface area contributed by atoms with E-state index in [1.165, 1.54) is 0 Å². The first kappa shape index (κ1) is 24.5. The molecular formula is C23H27Cl3N2O2. The first-order chi connectivity index (χ1) is 14.2. The molecule has 1 N–H and O–H groups in total. The molecule has 0 aliphatic rings. The van der Waals surface area contributed by atoms with Gasteiger partial charge in [0, 0.05) is 27.7 Å².